The fraction of sp³-hybridized carbons (Fsp3) is 0.0667. The highest BCUT2D eigenvalue weighted by Crippen LogP contribution is 2.11. The summed E-state index contributed by atoms with van der Waals surface area (Å²) in [5.74, 6) is -0.911. The lowest BCUT2D eigenvalue weighted by Gasteiger charge is -2.00. The van der Waals surface area contributed by atoms with Crippen LogP contribution in [0, 0.1) is 16.1 Å². The van der Waals surface area contributed by atoms with Gasteiger partial charge in [0.2, 0.25) is 0 Å². The SMILES string of the molecule is N#Cc1c(C=Cc2cccc(CC(=O)O)c2)[nH]c(=S)[nH]c1=O. The largest absolute Gasteiger partial charge is 0.481 e. The quantitative estimate of drug-likeness (QED) is 0.749. The molecule has 0 aliphatic carbocycles. The number of nitrogens with one attached hydrogen (secondary N) is 2. The molecule has 1 aromatic carbocycles. The van der Waals surface area contributed by atoms with Gasteiger partial charge in [-0.15, -0.1) is 0 Å². The second-order valence-corrected chi connectivity index (χ2v) is 4.87. The standard InChI is InChI=1S/C15H11N3O3S/c16-8-11-12(17-15(22)18-14(11)21)5-4-9-2-1-3-10(6-9)7-13(19)20/h1-6H,7H2,(H,19,20)(H2,17,18,21,22). The average molecular weight is 313 g/mol. The van der Waals surface area contributed by atoms with E-state index in [9.17, 15) is 9.59 Å². The predicted molar refractivity (Wildman–Crippen MR) is 83.7 cm³/mol. The number of aromatic amines is 2. The first-order valence-electron chi connectivity index (χ1n) is 6.25. The lowest BCUT2D eigenvalue weighted by Crippen LogP contribution is -2.13. The Morgan fingerprint density at radius 1 is 1.36 bits per heavy atom. The molecule has 0 atom stereocenters. The van der Waals surface area contributed by atoms with Crippen LogP contribution in [0.2, 0.25) is 0 Å². The minimum absolute atomic E-state index is 0.0634. The Morgan fingerprint density at radius 3 is 2.82 bits per heavy atom. The summed E-state index contributed by atoms with van der Waals surface area (Å²) in [6.45, 7) is 0. The van der Waals surface area contributed by atoms with Gasteiger partial charge < -0.3 is 10.1 Å². The second kappa shape index (κ2) is 6.65. The molecule has 110 valence electrons. The molecule has 6 nitrogen and oxygen atoms in total. The molecule has 2 rings (SSSR count). The molecule has 22 heavy (non-hydrogen) atoms. The number of benzene rings is 1. The van der Waals surface area contributed by atoms with Gasteiger partial charge in [0, 0.05) is 0 Å². The summed E-state index contributed by atoms with van der Waals surface area (Å²) in [4.78, 5) is 27.4. The van der Waals surface area contributed by atoms with E-state index in [0.29, 0.717) is 11.3 Å². The van der Waals surface area contributed by atoms with Crippen LogP contribution in [0.1, 0.15) is 22.4 Å². The summed E-state index contributed by atoms with van der Waals surface area (Å²) in [6, 6.07) is 8.78. The third-order valence-corrected chi connectivity index (χ3v) is 3.04. The van der Waals surface area contributed by atoms with Gasteiger partial charge in [0.1, 0.15) is 11.6 Å². The number of hydrogen-bond acceptors (Lipinski definition) is 4. The van der Waals surface area contributed by atoms with Gasteiger partial charge >= 0.3 is 5.97 Å². The van der Waals surface area contributed by atoms with Gasteiger partial charge in [-0.3, -0.25) is 14.6 Å². The summed E-state index contributed by atoms with van der Waals surface area (Å²) >= 11 is 4.87. The number of carboxylic acids is 1. The number of carboxylic acid groups (broad SMARTS) is 1. The lowest BCUT2D eigenvalue weighted by atomic mass is 10.1. The van der Waals surface area contributed by atoms with Crippen LogP contribution < -0.4 is 5.56 Å². The van der Waals surface area contributed by atoms with Crippen molar-refractivity contribution in [2.75, 3.05) is 0 Å². The maximum Gasteiger partial charge on any atom is 0.307 e. The highest BCUT2D eigenvalue weighted by molar-refractivity contribution is 7.71. The van der Waals surface area contributed by atoms with Crippen LogP contribution in [-0.2, 0) is 11.2 Å². The lowest BCUT2D eigenvalue weighted by molar-refractivity contribution is -0.136. The zero-order valence-electron chi connectivity index (χ0n) is 11.3. The van der Waals surface area contributed by atoms with Crippen LogP contribution in [-0.4, -0.2) is 21.0 Å². The number of hydrogen-bond donors (Lipinski definition) is 3. The minimum Gasteiger partial charge on any atom is -0.481 e. The normalized spacial score (nSPS) is 10.5. The van der Waals surface area contributed by atoms with E-state index in [1.807, 2.05) is 6.07 Å². The molecule has 3 N–H and O–H groups in total. The summed E-state index contributed by atoms with van der Waals surface area (Å²) in [5.41, 5.74) is 1.10. The van der Waals surface area contributed by atoms with Crippen molar-refractivity contribution in [1.82, 2.24) is 9.97 Å². The highest BCUT2D eigenvalue weighted by atomic mass is 32.1. The number of nitriles is 1. The fourth-order valence-corrected chi connectivity index (χ4v) is 2.10. The Balaban J connectivity index is 2.37. The van der Waals surface area contributed by atoms with Crippen molar-refractivity contribution >= 4 is 30.3 Å². The smallest absolute Gasteiger partial charge is 0.307 e. The van der Waals surface area contributed by atoms with Crippen LogP contribution in [0.15, 0.2) is 29.1 Å². The molecule has 0 aliphatic rings. The van der Waals surface area contributed by atoms with E-state index >= 15 is 0 Å². The Hall–Kier alpha value is -2.98. The van der Waals surface area contributed by atoms with E-state index in [1.54, 1.807) is 36.4 Å². The summed E-state index contributed by atoms with van der Waals surface area (Å²) in [6.07, 6.45) is 3.16. The molecule has 0 fully saturated rings. The molecule has 0 spiro atoms. The van der Waals surface area contributed by atoms with Crippen LogP contribution in [0.25, 0.3) is 12.2 Å². The van der Waals surface area contributed by atoms with E-state index in [2.05, 4.69) is 9.97 Å². The zero-order valence-corrected chi connectivity index (χ0v) is 12.1. The average Bonchev–Trinajstić information content (AvgIpc) is 2.44. The van der Waals surface area contributed by atoms with E-state index in [1.165, 1.54) is 0 Å². The zero-order chi connectivity index (χ0) is 16.1. The van der Waals surface area contributed by atoms with Crippen molar-refractivity contribution < 1.29 is 9.90 Å². The van der Waals surface area contributed by atoms with Gasteiger partial charge in [-0.2, -0.15) is 5.26 Å². The van der Waals surface area contributed by atoms with Crippen LogP contribution in [0.4, 0.5) is 0 Å². The van der Waals surface area contributed by atoms with Gasteiger partial charge in [-0.25, -0.2) is 0 Å². The number of carbonyl (C=O) groups is 1. The van der Waals surface area contributed by atoms with Gasteiger partial charge in [0.15, 0.2) is 4.77 Å². The van der Waals surface area contributed by atoms with Gasteiger partial charge in [0.25, 0.3) is 5.56 Å². The molecule has 2 aromatic rings. The summed E-state index contributed by atoms with van der Waals surface area (Å²) in [5, 5.41) is 17.8. The molecule has 7 heteroatoms. The minimum atomic E-state index is -0.911. The number of aliphatic carboxylic acids is 1. The second-order valence-electron chi connectivity index (χ2n) is 4.46. The monoisotopic (exact) mass is 313 g/mol. The molecule has 0 saturated heterocycles. The fourth-order valence-electron chi connectivity index (χ4n) is 1.90. The molecule has 1 aromatic heterocycles. The summed E-state index contributed by atoms with van der Waals surface area (Å²) in [7, 11) is 0. The molecule has 0 aliphatic heterocycles. The number of nitrogens with zero attached hydrogens (tertiary/aromatic N) is 1. The molecule has 1 heterocycles. The van der Waals surface area contributed by atoms with Crippen molar-refractivity contribution in [3.8, 4) is 6.07 Å². The first-order chi connectivity index (χ1) is 10.5. The number of rotatable bonds is 4. The summed E-state index contributed by atoms with van der Waals surface area (Å²) < 4.78 is 0.128. The maximum atomic E-state index is 11.6. The van der Waals surface area contributed by atoms with Crippen molar-refractivity contribution in [3.63, 3.8) is 0 Å². The number of H-pyrrole nitrogens is 2. The van der Waals surface area contributed by atoms with E-state index in [-0.39, 0.29) is 16.8 Å². The van der Waals surface area contributed by atoms with E-state index in [4.69, 9.17) is 22.6 Å². The Kier molecular flexibility index (Phi) is 4.66. The van der Waals surface area contributed by atoms with E-state index in [0.717, 1.165) is 5.56 Å². The van der Waals surface area contributed by atoms with Gasteiger partial charge in [-0.05, 0) is 29.4 Å². The molecular formula is C15H11N3O3S. The Bertz CT molecular complexity index is 903. The van der Waals surface area contributed by atoms with Crippen LogP contribution in [0.3, 0.4) is 0 Å². The molecule has 0 saturated carbocycles. The first kappa shape index (κ1) is 15.4. The predicted octanol–water partition coefficient (Wildman–Crippen LogP) is 2.10. The van der Waals surface area contributed by atoms with Crippen LogP contribution in [0.5, 0.6) is 0 Å². The van der Waals surface area contributed by atoms with Crippen LogP contribution >= 0.6 is 12.2 Å². The van der Waals surface area contributed by atoms with Crippen molar-refractivity contribution in [2.45, 2.75) is 6.42 Å². The van der Waals surface area contributed by atoms with Crippen molar-refractivity contribution in [3.05, 3.63) is 61.8 Å². The Morgan fingerprint density at radius 2 is 2.14 bits per heavy atom. The maximum absolute atomic E-state index is 11.6. The number of aromatic nitrogens is 2. The third kappa shape index (κ3) is 3.77. The molecule has 0 amide bonds. The third-order valence-electron chi connectivity index (χ3n) is 2.83. The topological polar surface area (TPSA) is 110 Å². The highest BCUT2D eigenvalue weighted by Gasteiger charge is 2.05. The molecule has 0 unspecified atom stereocenters. The Labute approximate surface area is 130 Å². The molecular weight excluding hydrogens is 302 g/mol. The van der Waals surface area contributed by atoms with E-state index < -0.39 is 11.5 Å². The molecule has 0 bridgehead atoms. The molecule has 0 radical (unpaired) electrons. The van der Waals surface area contributed by atoms with Crippen molar-refractivity contribution in [2.24, 2.45) is 0 Å². The first-order valence-corrected chi connectivity index (χ1v) is 6.66. The van der Waals surface area contributed by atoms with Gasteiger partial charge in [0.05, 0.1) is 12.1 Å². The van der Waals surface area contributed by atoms with Crippen molar-refractivity contribution in [1.29, 1.82) is 5.26 Å². The van der Waals surface area contributed by atoms with Gasteiger partial charge in [-0.1, -0.05) is 30.3 Å².